The fourth-order valence-electron chi connectivity index (χ4n) is 1.33. The van der Waals surface area contributed by atoms with Gasteiger partial charge in [0.1, 0.15) is 0 Å². The summed E-state index contributed by atoms with van der Waals surface area (Å²) in [6.45, 7) is 4.69. The first-order chi connectivity index (χ1) is 7.13. The molecule has 82 valence electrons. The van der Waals surface area contributed by atoms with Gasteiger partial charge < -0.3 is 10.5 Å². The predicted octanol–water partition coefficient (Wildman–Crippen LogP) is 2.58. The van der Waals surface area contributed by atoms with E-state index in [0.29, 0.717) is 6.61 Å². The molecule has 2 N–H and O–H groups in total. The van der Waals surface area contributed by atoms with Gasteiger partial charge in [-0.15, -0.1) is 0 Å². The third-order valence-electron chi connectivity index (χ3n) is 2.37. The molecular weight excluding hydrogens is 186 g/mol. The number of hydrogen-bond acceptors (Lipinski definition) is 2. The highest BCUT2D eigenvalue weighted by molar-refractivity contribution is 5.54. The Morgan fingerprint density at radius 1 is 1.53 bits per heavy atom. The van der Waals surface area contributed by atoms with Crippen LogP contribution in [0.15, 0.2) is 29.8 Å². The van der Waals surface area contributed by atoms with Gasteiger partial charge in [0.2, 0.25) is 0 Å². The molecule has 0 aliphatic carbocycles. The Hall–Kier alpha value is -1.12. The molecule has 0 radical (unpaired) electrons. The van der Waals surface area contributed by atoms with Crippen molar-refractivity contribution in [1.82, 2.24) is 0 Å². The van der Waals surface area contributed by atoms with Crippen LogP contribution in [0.5, 0.6) is 0 Å². The van der Waals surface area contributed by atoms with Gasteiger partial charge in [0.25, 0.3) is 0 Å². The maximum Gasteiger partial charge on any atom is 0.0713 e. The second kappa shape index (κ2) is 5.69. The van der Waals surface area contributed by atoms with Crippen LogP contribution in [0, 0.1) is 0 Å². The van der Waals surface area contributed by atoms with Crippen molar-refractivity contribution in [3.8, 4) is 0 Å². The van der Waals surface area contributed by atoms with Crippen molar-refractivity contribution in [2.24, 2.45) is 5.73 Å². The van der Waals surface area contributed by atoms with Crippen LogP contribution in [0.3, 0.4) is 0 Å². The van der Waals surface area contributed by atoms with Gasteiger partial charge in [0.15, 0.2) is 0 Å². The minimum absolute atomic E-state index is 0.107. The summed E-state index contributed by atoms with van der Waals surface area (Å²) >= 11 is 0. The van der Waals surface area contributed by atoms with Crippen LogP contribution in [0.25, 0.3) is 6.08 Å². The van der Waals surface area contributed by atoms with Gasteiger partial charge in [-0.3, -0.25) is 0 Å². The summed E-state index contributed by atoms with van der Waals surface area (Å²) in [4.78, 5) is 0. The lowest BCUT2D eigenvalue weighted by Gasteiger charge is -2.06. The van der Waals surface area contributed by atoms with Gasteiger partial charge in [-0.1, -0.05) is 29.8 Å². The van der Waals surface area contributed by atoms with Crippen LogP contribution in [-0.4, -0.2) is 13.2 Å². The lowest BCUT2D eigenvalue weighted by atomic mass is 10.1. The summed E-state index contributed by atoms with van der Waals surface area (Å²) in [5, 5.41) is 0. The maximum absolute atomic E-state index is 5.79. The largest absolute Gasteiger partial charge is 0.380 e. The second-order valence-corrected chi connectivity index (χ2v) is 3.86. The maximum atomic E-state index is 5.79. The van der Waals surface area contributed by atoms with Gasteiger partial charge in [-0.25, -0.2) is 0 Å². The van der Waals surface area contributed by atoms with Crippen molar-refractivity contribution >= 4 is 6.08 Å². The Kier molecular flexibility index (Phi) is 4.53. The monoisotopic (exact) mass is 205 g/mol. The Bertz CT molecular complexity index is 342. The lowest BCUT2D eigenvalue weighted by molar-refractivity contribution is 0.185. The molecule has 2 heteroatoms. The Morgan fingerprint density at radius 2 is 2.27 bits per heavy atom. The van der Waals surface area contributed by atoms with E-state index in [-0.39, 0.29) is 6.04 Å². The molecule has 0 heterocycles. The molecule has 1 unspecified atom stereocenters. The normalized spacial score (nSPS) is 14.0. The average molecular weight is 205 g/mol. The first-order valence-corrected chi connectivity index (χ1v) is 5.15. The van der Waals surface area contributed by atoms with Gasteiger partial charge in [-0.05, 0) is 31.0 Å². The van der Waals surface area contributed by atoms with Crippen molar-refractivity contribution in [2.45, 2.75) is 26.5 Å². The van der Waals surface area contributed by atoms with Crippen LogP contribution in [0.2, 0.25) is 0 Å². The molecule has 0 spiro atoms. The van der Waals surface area contributed by atoms with E-state index in [0.717, 1.165) is 0 Å². The van der Waals surface area contributed by atoms with Crippen molar-refractivity contribution in [1.29, 1.82) is 0 Å². The van der Waals surface area contributed by atoms with E-state index in [1.165, 1.54) is 16.7 Å². The first-order valence-electron chi connectivity index (χ1n) is 5.15. The molecule has 0 amide bonds. The molecule has 0 saturated carbocycles. The third-order valence-corrected chi connectivity index (χ3v) is 2.37. The number of hydrogen-bond donors (Lipinski definition) is 1. The Morgan fingerprint density at radius 3 is 2.87 bits per heavy atom. The zero-order valence-corrected chi connectivity index (χ0v) is 9.66. The van der Waals surface area contributed by atoms with Gasteiger partial charge in [-0.2, -0.15) is 0 Å². The zero-order valence-electron chi connectivity index (χ0n) is 9.66. The van der Waals surface area contributed by atoms with Crippen molar-refractivity contribution < 1.29 is 4.74 Å². The highest BCUT2D eigenvalue weighted by Crippen LogP contribution is 2.11. The predicted molar refractivity (Wildman–Crippen MR) is 64.5 cm³/mol. The van der Waals surface area contributed by atoms with Crippen molar-refractivity contribution in [3.63, 3.8) is 0 Å². The number of ether oxygens (including phenoxy) is 1. The molecule has 1 aromatic carbocycles. The quantitative estimate of drug-likeness (QED) is 0.820. The summed E-state index contributed by atoms with van der Waals surface area (Å²) in [5.74, 6) is 0. The lowest BCUT2D eigenvalue weighted by Crippen LogP contribution is -2.15. The summed E-state index contributed by atoms with van der Waals surface area (Å²) in [6, 6.07) is 8.40. The van der Waals surface area contributed by atoms with Crippen LogP contribution in [-0.2, 0) is 11.3 Å². The molecule has 1 aromatic rings. The van der Waals surface area contributed by atoms with E-state index in [2.05, 4.69) is 24.3 Å². The average Bonchev–Trinajstić information content (AvgIpc) is 2.18. The topological polar surface area (TPSA) is 35.2 Å². The molecule has 0 aromatic heterocycles. The highest BCUT2D eigenvalue weighted by Gasteiger charge is 1.98. The minimum Gasteiger partial charge on any atom is -0.380 e. The molecule has 0 bridgehead atoms. The van der Waals surface area contributed by atoms with Crippen LogP contribution in [0.1, 0.15) is 25.0 Å². The van der Waals surface area contributed by atoms with E-state index < -0.39 is 0 Å². The molecule has 1 atom stereocenters. The molecule has 1 rings (SSSR count). The Labute approximate surface area is 91.7 Å². The third kappa shape index (κ3) is 3.86. The van der Waals surface area contributed by atoms with E-state index >= 15 is 0 Å². The van der Waals surface area contributed by atoms with E-state index in [1.807, 2.05) is 19.9 Å². The molecule has 0 aliphatic heterocycles. The molecular formula is C13H19NO. The fraction of sp³-hybridized carbons (Fsp3) is 0.385. The molecule has 2 nitrogen and oxygen atoms in total. The SMILES string of the molecule is COCc1cccc(/C=C(/C)C(C)N)c1. The van der Waals surface area contributed by atoms with Crippen LogP contribution < -0.4 is 5.73 Å². The Balaban J connectivity index is 2.86. The van der Waals surface area contributed by atoms with Gasteiger partial charge in [0, 0.05) is 13.2 Å². The summed E-state index contributed by atoms with van der Waals surface area (Å²) in [5.41, 5.74) is 9.34. The highest BCUT2D eigenvalue weighted by atomic mass is 16.5. The second-order valence-electron chi connectivity index (χ2n) is 3.86. The van der Waals surface area contributed by atoms with Crippen LogP contribution in [0.4, 0.5) is 0 Å². The number of rotatable bonds is 4. The molecule has 0 saturated heterocycles. The number of benzene rings is 1. The smallest absolute Gasteiger partial charge is 0.0713 e. The van der Waals surface area contributed by atoms with Crippen molar-refractivity contribution in [2.75, 3.05) is 7.11 Å². The fourth-order valence-corrected chi connectivity index (χ4v) is 1.33. The van der Waals surface area contributed by atoms with E-state index in [4.69, 9.17) is 10.5 Å². The standard InChI is InChI=1S/C13H19NO/c1-10(11(2)14)7-12-5-4-6-13(8-12)9-15-3/h4-8,11H,9,14H2,1-3H3/b10-7-. The van der Waals surface area contributed by atoms with Gasteiger partial charge in [0.05, 0.1) is 6.61 Å². The first kappa shape index (κ1) is 12.0. The van der Waals surface area contributed by atoms with E-state index in [1.54, 1.807) is 7.11 Å². The minimum atomic E-state index is 0.107. The van der Waals surface area contributed by atoms with Crippen molar-refractivity contribution in [3.05, 3.63) is 41.0 Å². The zero-order chi connectivity index (χ0) is 11.3. The summed E-state index contributed by atoms with van der Waals surface area (Å²) in [6.07, 6.45) is 2.11. The summed E-state index contributed by atoms with van der Waals surface area (Å²) < 4.78 is 5.09. The molecule has 15 heavy (non-hydrogen) atoms. The molecule has 0 fully saturated rings. The van der Waals surface area contributed by atoms with E-state index in [9.17, 15) is 0 Å². The van der Waals surface area contributed by atoms with Crippen LogP contribution >= 0.6 is 0 Å². The number of methoxy groups -OCH3 is 1. The van der Waals surface area contributed by atoms with Gasteiger partial charge >= 0.3 is 0 Å². The molecule has 0 aliphatic rings. The summed E-state index contributed by atoms with van der Waals surface area (Å²) in [7, 11) is 1.70. The number of nitrogens with two attached hydrogens (primary N) is 1.